The van der Waals surface area contributed by atoms with Crippen LogP contribution in [0.1, 0.15) is 166 Å². The number of carboxylic acid groups (broad SMARTS) is 9. The molecule has 10 aromatic rings. The van der Waals surface area contributed by atoms with Gasteiger partial charge in [-0.25, -0.2) is 47.9 Å². The molecule has 0 saturated heterocycles. The van der Waals surface area contributed by atoms with Gasteiger partial charge in [0.25, 0.3) is 11.8 Å². The zero-order valence-electron chi connectivity index (χ0n) is 72.6. The number of hydrogen-bond donors (Lipinski definition) is 15. The Kier molecular flexibility index (Phi) is 35.9. The Labute approximate surface area is 771 Å². The average Bonchev–Trinajstić information content (AvgIpc) is 1.74. The second-order valence-electron chi connectivity index (χ2n) is 30.1. The Morgan fingerprint density at radius 1 is 0.481 bits per heavy atom. The molecule has 0 bridgehead atoms. The van der Waals surface area contributed by atoms with E-state index in [1.54, 1.807) is 85.8 Å². The van der Waals surface area contributed by atoms with E-state index in [0.717, 1.165) is 56.1 Å². The van der Waals surface area contributed by atoms with Crippen LogP contribution in [0.3, 0.4) is 0 Å². The van der Waals surface area contributed by atoms with Crippen molar-refractivity contribution in [2.45, 2.75) is 117 Å². The number of rotatable bonds is 33. The van der Waals surface area contributed by atoms with Gasteiger partial charge in [0.1, 0.15) is 28.4 Å². The highest BCUT2D eigenvalue weighted by Crippen LogP contribution is 2.40. The number of anilines is 6. The summed E-state index contributed by atoms with van der Waals surface area (Å²) in [6, 6.07) is 46.2. The molecule has 2 aliphatic heterocycles. The van der Waals surface area contributed by atoms with Crippen LogP contribution in [0.5, 0.6) is 5.75 Å². The number of carboxylic acids is 9. The highest BCUT2D eigenvalue weighted by molar-refractivity contribution is 7.17. The fourth-order valence-electron chi connectivity index (χ4n) is 14.6. The molecule has 3 heterocycles. The fourth-order valence-corrected chi connectivity index (χ4v) is 15.7. The van der Waals surface area contributed by atoms with Gasteiger partial charge < -0.3 is 87.3 Å². The predicted octanol–water partition coefficient (Wildman–Crippen LogP) is 10.2. The molecule has 1 unspecified atom stereocenters. The Hall–Kier alpha value is -16.9. The molecule has 135 heavy (non-hydrogen) atoms. The third kappa shape index (κ3) is 26.5. The third-order valence-corrected chi connectivity index (χ3v) is 21.9. The van der Waals surface area contributed by atoms with E-state index in [9.17, 15) is 122 Å². The molecule has 702 valence electrons. The van der Waals surface area contributed by atoms with Gasteiger partial charge in [0.15, 0.2) is 0 Å². The van der Waals surface area contributed by atoms with Crippen LogP contribution in [0.15, 0.2) is 188 Å². The first-order chi connectivity index (χ1) is 64.3. The molecule has 0 saturated carbocycles. The van der Waals surface area contributed by atoms with Crippen molar-refractivity contribution in [1.82, 2.24) is 26.2 Å². The maximum Gasteiger partial charge on any atom is 0.395 e. The van der Waals surface area contributed by atoms with Gasteiger partial charge in [-0.2, -0.15) is 0 Å². The van der Waals surface area contributed by atoms with Crippen molar-refractivity contribution in [1.29, 1.82) is 0 Å². The van der Waals surface area contributed by atoms with Crippen LogP contribution in [0.4, 0.5) is 33.4 Å². The molecule has 12 rings (SSSR count). The number of ether oxygens (including phenoxy) is 2. The lowest BCUT2D eigenvalue weighted by Crippen LogP contribution is -2.47. The second-order valence-corrected chi connectivity index (χ2v) is 31.2. The molecule has 1 aromatic heterocycles. The molecule has 15 N–H and O–H groups in total. The molecule has 0 radical (unpaired) electrons. The van der Waals surface area contributed by atoms with E-state index in [-0.39, 0.29) is 124 Å². The van der Waals surface area contributed by atoms with Crippen molar-refractivity contribution in [2.75, 3.05) is 46.7 Å². The molecule has 9 aromatic carbocycles. The molecule has 0 aliphatic carbocycles. The van der Waals surface area contributed by atoms with Crippen molar-refractivity contribution < 1.29 is 147 Å². The summed E-state index contributed by atoms with van der Waals surface area (Å²) in [6.45, 7) is 7.58. The van der Waals surface area contributed by atoms with Gasteiger partial charge >= 0.3 is 83.3 Å². The van der Waals surface area contributed by atoms with Gasteiger partial charge in [0, 0.05) is 62.6 Å². The van der Waals surface area contributed by atoms with E-state index >= 15 is 0 Å². The van der Waals surface area contributed by atoms with Gasteiger partial charge in [0.2, 0.25) is 17.7 Å². The Morgan fingerprint density at radius 2 is 0.993 bits per heavy atom. The number of benzene rings is 9. The van der Waals surface area contributed by atoms with E-state index in [0.29, 0.717) is 81.3 Å². The number of amides is 9. The normalized spacial score (nSPS) is 12.5. The van der Waals surface area contributed by atoms with Crippen LogP contribution in [0.25, 0.3) is 21.5 Å². The SMILES string of the molecule is CC(=O)N[C@@H](Cc1ccc(N(C(=O)C(=O)O)c2ccccc2C(=O)O)c2ccccc12)C(=O)OCCCCCOc1cc2ccccc2cc1C(=O)O.CCCCCNC(=O)C(Cc1ccc(N(C(=O)C(=O)O)c2ccccc2C(=O)O)c(CC)c1)NC(C)=O.O=C(O)C(=O)Nc1ccccc1C(=O)O.O=C(O)C(=O)Nc1sc2c(c1C(=O)O)C[C@@H](CN1C(=O)c3ccccc3C1=O)NC2. The first kappa shape index (κ1) is 102. The van der Waals surface area contributed by atoms with Crippen molar-refractivity contribution in [3.05, 3.63) is 254 Å². The zero-order valence-corrected chi connectivity index (χ0v) is 73.4. The molecule has 9 amide bonds. The van der Waals surface area contributed by atoms with Crippen molar-refractivity contribution in [3.63, 3.8) is 0 Å². The standard InChI is InChI=1S/C40H36N2O11.C27H33N3O7.C19H15N3O7S.C9H7NO5/c1-24(43)41-32(40(51)53-20-10-2-9-19-52-35-23-26-12-4-3-11-25(26)21-31(35)38(47)48)22-27-17-18-34(29-14-6-5-13-28(27)29)42(36(44)39(49)50)33-16-8-7-15-30(33)37(45)46;1-4-6-9-14-28-24(32)21(29-17(3)31)16-18-12-13-22(19(5-2)15-18)30(25(33)27(36)37)23-11-8-7-10-20(23)26(34)35;23-14(19(28)29)21-15-13(18(26)27)11-5-8(20-6-12(11)30-15)7-22-16(24)9-3-1-2-4-10(9)17(22)25;11-7(9(14)15)10-6-4-2-1-3-5(6)8(12)13/h3-8,11-18,21,23,32H,2,9-10,19-20,22H2,1H3,(H,41,43)(H,45,46)(H,47,48)(H,49,50);7-8,10-13,15,21H,4-6,9,14,16H2,1-3H3,(H,28,32)(H,29,31)(H,34,35)(H,36,37);1-4,8,20H,5-7H2,(H,21,23)(H,26,27)(H,28,29);1-4H,(H,10,11)(H,12,13)(H,14,15)/t32-;;8-;/m0.0./s1. The first-order valence-electron chi connectivity index (χ1n) is 41.6. The monoisotopic (exact) mass is 1870 g/mol. The topological polar surface area (TPSA) is 607 Å². The molecule has 0 fully saturated rings. The largest absolute Gasteiger partial charge is 0.493 e. The van der Waals surface area contributed by atoms with E-state index < -0.39 is 119 Å². The quantitative estimate of drug-likeness (QED) is 0.00786. The van der Waals surface area contributed by atoms with E-state index in [1.807, 2.05) is 29.6 Å². The average molecular weight is 1870 g/mol. The molecule has 0 spiro atoms. The fraction of sp³-hybridized carbons (Fsp3) is 0.232. The zero-order chi connectivity index (χ0) is 98.6. The molecule has 39 nitrogen and oxygen atoms in total. The van der Waals surface area contributed by atoms with Crippen LogP contribution >= 0.6 is 11.3 Å². The number of nitrogens with zero attached hydrogens (tertiary/aromatic N) is 3. The van der Waals surface area contributed by atoms with Gasteiger partial charge in [-0.3, -0.25) is 57.9 Å². The van der Waals surface area contributed by atoms with Crippen LogP contribution in [-0.4, -0.2) is 208 Å². The molecule has 2 aliphatic rings. The Balaban J connectivity index is 0.000000218. The smallest absolute Gasteiger partial charge is 0.395 e. The number of aliphatic carboxylic acids is 4. The number of esters is 1. The molecular weight excluding hydrogens is 1780 g/mol. The minimum atomic E-state index is -1.79. The summed E-state index contributed by atoms with van der Waals surface area (Å²) < 4.78 is 11.3. The lowest BCUT2D eigenvalue weighted by molar-refractivity contribution is -0.148. The molecule has 40 heteroatoms. The summed E-state index contributed by atoms with van der Waals surface area (Å²) in [6.07, 6.45) is 5.21. The van der Waals surface area contributed by atoms with Crippen LogP contribution in [-0.2, 0) is 94.5 Å². The maximum absolute atomic E-state index is 13.2. The van der Waals surface area contributed by atoms with Crippen molar-refractivity contribution in [3.8, 4) is 5.75 Å². The van der Waals surface area contributed by atoms with Gasteiger partial charge in [-0.15, -0.1) is 11.3 Å². The minimum absolute atomic E-state index is 0.0106. The summed E-state index contributed by atoms with van der Waals surface area (Å²) in [5, 5.41) is 101. The highest BCUT2D eigenvalue weighted by atomic mass is 32.1. The van der Waals surface area contributed by atoms with E-state index in [4.69, 9.17) is 24.8 Å². The number of fused-ring (bicyclic) bond motifs is 4. The predicted molar refractivity (Wildman–Crippen MR) is 486 cm³/mol. The first-order valence-corrected chi connectivity index (χ1v) is 42.4. The third-order valence-electron chi connectivity index (χ3n) is 20.8. The highest BCUT2D eigenvalue weighted by Gasteiger charge is 2.40. The van der Waals surface area contributed by atoms with Crippen molar-refractivity contribution >= 4 is 179 Å². The number of carbonyl (C=O) groups is 19. The molecular formula is C95H91N9O30S. The number of imide groups is 1. The van der Waals surface area contributed by atoms with Crippen LogP contribution < -0.4 is 46.4 Å². The van der Waals surface area contributed by atoms with E-state index in [2.05, 4.69) is 33.5 Å². The van der Waals surface area contributed by atoms with Gasteiger partial charge in [0.05, 0.1) is 75.0 Å². The number of aryl methyl sites for hydroxylation is 1. The Bertz CT molecular complexity index is 6290. The number of aromatic carboxylic acids is 5. The second kappa shape index (κ2) is 47.6. The summed E-state index contributed by atoms with van der Waals surface area (Å²) in [4.78, 5) is 229. The van der Waals surface area contributed by atoms with Gasteiger partial charge in [-0.05, 0) is 150 Å². The summed E-state index contributed by atoms with van der Waals surface area (Å²) in [5.41, 5.74) is 2.22. The lowest BCUT2D eigenvalue weighted by atomic mass is 9.96. The van der Waals surface area contributed by atoms with E-state index in [1.165, 1.54) is 98.8 Å². The van der Waals surface area contributed by atoms with Crippen LogP contribution in [0, 0.1) is 0 Å². The van der Waals surface area contributed by atoms with Gasteiger partial charge in [-0.1, -0.05) is 142 Å². The number of hydrogen-bond acceptors (Lipinski definition) is 23. The number of para-hydroxylation sites is 3. The number of thiophene rings is 1. The number of nitrogens with one attached hydrogen (secondary N) is 6. The van der Waals surface area contributed by atoms with Crippen molar-refractivity contribution in [2.24, 2.45) is 0 Å². The summed E-state index contributed by atoms with van der Waals surface area (Å²) >= 11 is 0.986. The van der Waals surface area contributed by atoms with Crippen LogP contribution in [0.2, 0.25) is 0 Å². The maximum atomic E-state index is 13.2. The number of carbonyl (C=O) groups excluding carboxylic acids is 10. The number of unbranched alkanes of at least 4 members (excludes halogenated alkanes) is 4. The Morgan fingerprint density at radius 3 is 1.55 bits per heavy atom. The summed E-state index contributed by atoms with van der Waals surface area (Å²) in [5.74, 6) is -20.8. The molecule has 3 atom stereocenters. The minimum Gasteiger partial charge on any atom is -0.493 e. The summed E-state index contributed by atoms with van der Waals surface area (Å²) in [7, 11) is 0. The lowest BCUT2D eigenvalue weighted by Gasteiger charge is -2.27.